The summed E-state index contributed by atoms with van der Waals surface area (Å²) in [7, 11) is 0. The number of halogens is 1. The van der Waals surface area contributed by atoms with Crippen LogP contribution in [0.3, 0.4) is 0 Å². The molecule has 1 saturated heterocycles. The molecule has 0 spiro atoms. The Bertz CT molecular complexity index is 309. The molecule has 82 valence electrons. The zero-order chi connectivity index (χ0) is 9.38. The highest BCUT2D eigenvalue weighted by molar-refractivity contribution is 5.85. The molecule has 1 aromatic rings. The fourth-order valence-electron chi connectivity index (χ4n) is 1.94. The second-order valence-corrected chi connectivity index (χ2v) is 3.58. The van der Waals surface area contributed by atoms with E-state index in [1.165, 1.54) is 5.56 Å². The molecule has 3 nitrogen and oxygen atoms in total. The Balaban J connectivity index is 0.000000853. The Morgan fingerprint density at radius 1 is 1.07 bits per heavy atom. The maximum Gasteiger partial charge on any atom is 0.226 e. The summed E-state index contributed by atoms with van der Waals surface area (Å²) < 4.78 is 16.8. The Kier molecular flexibility index (Phi) is 3.14. The van der Waals surface area contributed by atoms with Crippen LogP contribution >= 0.6 is 12.4 Å². The van der Waals surface area contributed by atoms with E-state index in [1.807, 2.05) is 18.2 Å². The molecular formula is C11H13ClO3. The van der Waals surface area contributed by atoms with Crippen LogP contribution in [0.4, 0.5) is 0 Å². The lowest BCUT2D eigenvalue weighted by atomic mass is 10.0. The third-order valence-corrected chi connectivity index (χ3v) is 2.64. The summed E-state index contributed by atoms with van der Waals surface area (Å²) in [6.07, 6.45) is 0.748. The normalized spacial score (nSPS) is 28.0. The van der Waals surface area contributed by atoms with E-state index in [-0.39, 0.29) is 24.8 Å². The summed E-state index contributed by atoms with van der Waals surface area (Å²) in [4.78, 5) is 0. The van der Waals surface area contributed by atoms with E-state index in [9.17, 15) is 0 Å². The van der Waals surface area contributed by atoms with Gasteiger partial charge in [-0.2, -0.15) is 0 Å². The maximum atomic E-state index is 5.69. The van der Waals surface area contributed by atoms with Crippen molar-refractivity contribution in [2.45, 2.75) is 18.8 Å². The van der Waals surface area contributed by atoms with Gasteiger partial charge >= 0.3 is 0 Å². The van der Waals surface area contributed by atoms with Crippen molar-refractivity contribution in [3.05, 3.63) is 29.8 Å². The van der Waals surface area contributed by atoms with Crippen LogP contribution in [0.5, 0.6) is 5.75 Å². The molecule has 2 heterocycles. The molecule has 4 heteroatoms. The van der Waals surface area contributed by atoms with Crippen LogP contribution in [-0.2, 0) is 15.9 Å². The summed E-state index contributed by atoms with van der Waals surface area (Å²) in [6, 6.07) is 8.04. The summed E-state index contributed by atoms with van der Waals surface area (Å²) >= 11 is 0. The fraction of sp³-hybridized carbons (Fsp3) is 0.455. The zero-order valence-corrected chi connectivity index (χ0v) is 9.03. The quantitative estimate of drug-likeness (QED) is 0.678. The predicted molar refractivity (Wildman–Crippen MR) is 57.5 cm³/mol. The van der Waals surface area contributed by atoms with Gasteiger partial charge in [-0.1, -0.05) is 18.2 Å². The monoisotopic (exact) mass is 228 g/mol. The van der Waals surface area contributed by atoms with E-state index in [1.54, 1.807) is 0 Å². The van der Waals surface area contributed by atoms with Crippen LogP contribution in [-0.4, -0.2) is 25.6 Å². The molecule has 0 bridgehead atoms. The van der Waals surface area contributed by atoms with Crippen LogP contribution in [0, 0.1) is 0 Å². The second-order valence-electron chi connectivity index (χ2n) is 3.58. The highest BCUT2D eigenvalue weighted by Gasteiger charge is 2.33. The number of hydrogen-bond acceptors (Lipinski definition) is 3. The third-order valence-electron chi connectivity index (χ3n) is 2.64. The maximum absolute atomic E-state index is 5.69. The van der Waals surface area contributed by atoms with E-state index in [2.05, 4.69) is 6.07 Å². The van der Waals surface area contributed by atoms with Gasteiger partial charge in [-0.25, -0.2) is 0 Å². The van der Waals surface area contributed by atoms with Crippen LogP contribution in [0.15, 0.2) is 24.3 Å². The molecule has 2 atom stereocenters. The van der Waals surface area contributed by atoms with E-state index in [4.69, 9.17) is 14.2 Å². The van der Waals surface area contributed by atoms with Crippen LogP contribution in [0.2, 0.25) is 0 Å². The zero-order valence-electron chi connectivity index (χ0n) is 8.22. The van der Waals surface area contributed by atoms with Crippen LogP contribution < -0.4 is 4.74 Å². The minimum atomic E-state index is -0.210. The second kappa shape index (κ2) is 4.39. The van der Waals surface area contributed by atoms with Gasteiger partial charge in [0.25, 0.3) is 0 Å². The fourth-order valence-corrected chi connectivity index (χ4v) is 1.94. The van der Waals surface area contributed by atoms with Gasteiger partial charge in [0, 0.05) is 6.42 Å². The lowest BCUT2D eigenvalue weighted by Gasteiger charge is -2.36. The topological polar surface area (TPSA) is 27.7 Å². The van der Waals surface area contributed by atoms with E-state index >= 15 is 0 Å². The number of rotatable bonds is 0. The van der Waals surface area contributed by atoms with Crippen molar-refractivity contribution >= 4 is 12.4 Å². The molecule has 0 radical (unpaired) electrons. The standard InChI is InChI=1S/C11H12O3.ClH/c1-2-4-9-8(3-1)7-10-11(14-9)13-6-5-12-10;/h1-4,10-11H,5-7H2;1H. The molecule has 3 rings (SSSR count). The molecule has 1 aromatic carbocycles. The molecule has 2 aliphatic rings. The molecule has 0 saturated carbocycles. The smallest absolute Gasteiger partial charge is 0.226 e. The van der Waals surface area contributed by atoms with Gasteiger partial charge in [-0.15, -0.1) is 12.4 Å². The van der Waals surface area contributed by atoms with Gasteiger partial charge in [-0.3, -0.25) is 0 Å². The lowest BCUT2D eigenvalue weighted by Crippen LogP contribution is -2.45. The Labute approximate surface area is 94.7 Å². The van der Waals surface area contributed by atoms with E-state index in [0.29, 0.717) is 13.2 Å². The molecule has 0 N–H and O–H groups in total. The van der Waals surface area contributed by atoms with Crippen molar-refractivity contribution in [1.29, 1.82) is 0 Å². The molecule has 0 amide bonds. The molecular weight excluding hydrogens is 216 g/mol. The highest BCUT2D eigenvalue weighted by atomic mass is 35.5. The summed E-state index contributed by atoms with van der Waals surface area (Å²) in [5, 5.41) is 0. The summed E-state index contributed by atoms with van der Waals surface area (Å²) in [6.45, 7) is 1.30. The average Bonchev–Trinajstić information content (AvgIpc) is 2.26. The molecule has 2 unspecified atom stereocenters. The average molecular weight is 229 g/mol. The van der Waals surface area contributed by atoms with Gasteiger partial charge in [0.2, 0.25) is 6.29 Å². The Morgan fingerprint density at radius 3 is 2.80 bits per heavy atom. The van der Waals surface area contributed by atoms with Gasteiger partial charge in [-0.05, 0) is 11.6 Å². The van der Waals surface area contributed by atoms with Crippen molar-refractivity contribution < 1.29 is 14.2 Å². The lowest BCUT2D eigenvalue weighted by molar-refractivity contribution is -0.219. The van der Waals surface area contributed by atoms with Gasteiger partial charge in [0.1, 0.15) is 11.9 Å². The predicted octanol–water partition coefficient (Wildman–Crippen LogP) is 1.78. The first-order valence-corrected chi connectivity index (χ1v) is 4.91. The molecule has 1 fully saturated rings. The Hall–Kier alpha value is -0.770. The van der Waals surface area contributed by atoms with E-state index in [0.717, 1.165) is 12.2 Å². The van der Waals surface area contributed by atoms with Gasteiger partial charge in [0.15, 0.2) is 0 Å². The highest BCUT2D eigenvalue weighted by Crippen LogP contribution is 2.30. The number of ether oxygens (including phenoxy) is 3. The van der Waals surface area contributed by atoms with Crippen molar-refractivity contribution in [2.24, 2.45) is 0 Å². The van der Waals surface area contributed by atoms with Crippen molar-refractivity contribution in [3.63, 3.8) is 0 Å². The Morgan fingerprint density at radius 2 is 1.87 bits per heavy atom. The number of benzene rings is 1. The first-order valence-electron chi connectivity index (χ1n) is 4.91. The first-order chi connectivity index (χ1) is 6.93. The third kappa shape index (κ3) is 1.95. The molecule has 0 aromatic heterocycles. The van der Waals surface area contributed by atoms with Crippen LogP contribution in [0.1, 0.15) is 5.56 Å². The van der Waals surface area contributed by atoms with Gasteiger partial charge < -0.3 is 14.2 Å². The molecule has 15 heavy (non-hydrogen) atoms. The number of fused-ring (bicyclic) bond motifs is 2. The van der Waals surface area contributed by atoms with Crippen molar-refractivity contribution in [3.8, 4) is 5.75 Å². The SMILES string of the molecule is Cl.c1ccc2c(c1)CC1OCCOC1O2. The minimum Gasteiger partial charge on any atom is -0.462 e. The van der Waals surface area contributed by atoms with Crippen molar-refractivity contribution in [1.82, 2.24) is 0 Å². The largest absolute Gasteiger partial charge is 0.462 e. The summed E-state index contributed by atoms with van der Waals surface area (Å²) in [5.74, 6) is 0.930. The minimum absolute atomic E-state index is 0. The summed E-state index contributed by atoms with van der Waals surface area (Å²) in [5.41, 5.74) is 1.21. The van der Waals surface area contributed by atoms with Crippen molar-refractivity contribution in [2.75, 3.05) is 13.2 Å². The van der Waals surface area contributed by atoms with E-state index < -0.39 is 0 Å². The molecule has 2 aliphatic heterocycles. The first kappa shape index (κ1) is 10.7. The van der Waals surface area contributed by atoms with Gasteiger partial charge in [0.05, 0.1) is 13.2 Å². The molecule has 0 aliphatic carbocycles. The number of para-hydroxylation sites is 1. The number of hydrogen-bond donors (Lipinski definition) is 0. The van der Waals surface area contributed by atoms with Crippen LogP contribution in [0.25, 0.3) is 0 Å².